The number of esters is 1. The Kier molecular flexibility index (Phi) is 4.22. The van der Waals surface area contributed by atoms with Crippen molar-refractivity contribution in [3.8, 4) is 18.1 Å². The molecule has 1 N–H and O–H groups in total. The molecule has 0 aromatic heterocycles. The third kappa shape index (κ3) is 2.92. The summed E-state index contributed by atoms with van der Waals surface area (Å²) >= 11 is 0. The van der Waals surface area contributed by atoms with E-state index in [1.165, 1.54) is 7.11 Å². The van der Waals surface area contributed by atoms with Gasteiger partial charge < -0.3 is 14.8 Å². The SMILES string of the molecule is C#CCOc1cc(NC)cc(C(=O)OC)c1. The average Bonchev–Trinajstić information content (AvgIpc) is 2.34. The molecule has 0 aliphatic heterocycles. The van der Waals surface area contributed by atoms with Gasteiger partial charge in [-0.05, 0) is 12.1 Å². The van der Waals surface area contributed by atoms with Gasteiger partial charge in [0.05, 0.1) is 12.7 Å². The van der Waals surface area contributed by atoms with E-state index in [0.29, 0.717) is 11.3 Å². The fraction of sp³-hybridized carbons (Fsp3) is 0.250. The van der Waals surface area contributed by atoms with E-state index in [1.807, 2.05) is 0 Å². The maximum absolute atomic E-state index is 11.4. The number of benzene rings is 1. The van der Waals surface area contributed by atoms with Gasteiger partial charge in [-0.2, -0.15) is 0 Å². The molecule has 0 fully saturated rings. The summed E-state index contributed by atoms with van der Waals surface area (Å²) in [5.41, 5.74) is 1.18. The summed E-state index contributed by atoms with van der Waals surface area (Å²) in [7, 11) is 3.08. The number of ether oxygens (including phenoxy) is 2. The Labute approximate surface area is 94.6 Å². The van der Waals surface area contributed by atoms with Crippen LogP contribution in [0.1, 0.15) is 10.4 Å². The first-order chi connectivity index (χ1) is 7.71. The van der Waals surface area contributed by atoms with Crippen molar-refractivity contribution in [2.24, 2.45) is 0 Å². The molecule has 0 bridgehead atoms. The van der Waals surface area contributed by atoms with Crippen LogP contribution >= 0.6 is 0 Å². The highest BCUT2D eigenvalue weighted by Crippen LogP contribution is 2.21. The van der Waals surface area contributed by atoms with Crippen LogP contribution in [0.15, 0.2) is 18.2 Å². The molecule has 0 heterocycles. The van der Waals surface area contributed by atoms with E-state index < -0.39 is 5.97 Å². The topological polar surface area (TPSA) is 47.6 Å². The van der Waals surface area contributed by atoms with Gasteiger partial charge in [-0.15, -0.1) is 6.42 Å². The molecule has 16 heavy (non-hydrogen) atoms. The first-order valence-electron chi connectivity index (χ1n) is 4.68. The monoisotopic (exact) mass is 219 g/mol. The van der Waals surface area contributed by atoms with Crippen molar-refractivity contribution in [2.45, 2.75) is 0 Å². The quantitative estimate of drug-likeness (QED) is 0.616. The van der Waals surface area contributed by atoms with Crippen LogP contribution < -0.4 is 10.1 Å². The van der Waals surface area contributed by atoms with E-state index in [1.54, 1.807) is 25.2 Å². The van der Waals surface area contributed by atoms with Gasteiger partial charge in [0.25, 0.3) is 0 Å². The Morgan fingerprint density at radius 1 is 1.50 bits per heavy atom. The van der Waals surface area contributed by atoms with E-state index in [2.05, 4.69) is 16.0 Å². The standard InChI is InChI=1S/C12H13NO3/c1-4-5-16-11-7-9(12(14)15-3)6-10(8-11)13-2/h1,6-8,13H,5H2,2-3H3. The van der Waals surface area contributed by atoms with E-state index in [-0.39, 0.29) is 6.61 Å². The Morgan fingerprint density at radius 3 is 2.81 bits per heavy atom. The smallest absolute Gasteiger partial charge is 0.338 e. The second kappa shape index (κ2) is 5.66. The van der Waals surface area contributed by atoms with Gasteiger partial charge in [-0.3, -0.25) is 0 Å². The van der Waals surface area contributed by atoms with Crippen LogP contribution in [0.5, 0.6) is 5.75 Å². The van der Waals surface area contributed by atoms with Gasteiger partial charge >= 0.3 is 5.97 Å². The highest BCUT2D eigenvalue weighted by molar-refractivity contribution is 5.91. The molecule has 0 aliphatic rings. The van der Waals surface area contributed by atoms with Crippen molar-refractivity contribution in [2.75, 3.05) is 26.1 Å². The summed E-state index contributed by atoms with van der Waals surface area (Å²) in [5.74, 6) is 2.48. The van der Waals surface area contributed by atoms with Gasteiger partial charge in [0.1, 0.15) is 12.4 Å². The molecule has 0 atom stereocenters. The summed E-state index contributed by atoms with van der Waals surface area (Å²) in [6, 6.07) is 5.02. The summed E-state index contributed by atoms with van der Waals surface area (Å²) in [6.45, 7) is 0.160. The fourth-order valence-electron chi connectivity index (χ4n) is 1.19. The van der Waals surface area contributed by atoms with Gasteiger partial charge in [0.2, 0.25) is 0 Å². The first kappa shape index (κ1) is 11.9. The van der Waals surface area contributed by atoms with Crippen LogP contribution in [0.2, 0.25) is 0 Å². The zero-order valence-electron chi connectivity index (χ0n) is 9.24. The van der Waals surface area contributed by atoms with Gasteiger partial charge in [-0.1, -0.05) is 5.92 Å². The van der Waals surface area contributed by atoms with Crippen LogP contribution in [-0.2, 0) is 4.74 Å². The number of rotatable bonds is 4. The minimum atomic E-state index is -0.414. The Morgan fingerprint density at radius 2 is 2.25 bits per heavy atom. The van der Waals surface area contributed by atoms with Crippen LogP contribution in [0.4, 0.5) is 5.69 Å². The molecule has 0 saturated carbocycles. The lowest BCUT2D eigenvalue weighted by Crippen LogP contribution is -2.04. The van der Waals surface area contributed by atoms with E-state index in [4.69, 9.17) is 11.2 Å². The van der Waals surface area contributed by atoms with Crippen molar-refractivity contribution in [3.63, 3.8) is 0 Å². The Bertz CT molecular complexity index is 421. The second-order valence-corrected chi connectivity index (χ2v) is 2.98. The highest BCUT2D eigenvalue weighted by Gasteiger charge is 2.08. The predicted octanol–water partition coefficient (Wildman–Crippen LogP) is 1.53. The maximum atomic E-state index is 11.4. The van der Waals surface area contributed by atoms with Gasteiger partial charge in [-0.25, -0.2) is 4.79 Å². The number of terminal acetylenes is 1. The fourth-order valence-corrected chi connectivity index (χ4v) is 1.19. The van der Waals surface area contributed by atoms with Crippen molar-refractivity contribution < 1.29 is 14.3 Å². The normalized spacial score (nSPS) is 9.06. The molecular formula is C12H13NO3. The average molecular weight is 219 g/mol. The summed E-state index contributed by atoms with van der Waals surface area (Å²) in [4.78, 5) is 11.4. The maximum Gasteiger partial charge on any atom is 0.338 e. The van der Waals surface area contributed by atoms with Crippen molar-refractivity contribution in [1.29, 1.82) is 0 Å². The lowest BCUT2D eigenvalue weighted by atomic mass is 10.2. The van der Waals surface area contributed by atoms with Crippen molar-refractivity contribution >= 4 is 11.7 Å². The number of methoxy groups -OCH3 is 1. The van der Waals surface area contributed by atoms with E-state index in [0.717, 1.165) is 5.69 Å². The van der Waals surface area contributed by atoms with E-state index >= 15 is 0 Å². The number of anilines is 1. The largest absolute Gasteiger partial charge is 0.481 e. The molecule has 4 heteroatoms. The number of hydrogen-bond acceptors (Lipinski definition) is 4. The molecule has 0 aliphatic carbocycles. The Hall–Kier alpha value is -2.15. The minimum absolute atomic E-state index is 0.160. The number of carbonyl (C=O) groups is 1. The van der Waals surface area contributed by atoms with Crippen LogP contribution in [0.3, 0.4) is 0 Å². The molecule has 84 valence electrons. The van der Waals surface area contributed by atoms with Gasteiger partial charge in [0.15, 0.2) is 0 Å². The van der Waals surface area contributed by atoms with E-state index in [9.17, 15) is 4.79 Å². The van der Waals surface area contributed by atoms with Crippen LogP contribution in [0, 0.1) is 12.3 Å². The summed E-state index contributed by atoms with van der Waals surface area (Å²) in [6.07, 6.45) is 5.09. The number of nitrogens with one attached hydrogen (secondary N) is 1. The van der Waals surface area contributed by atoms with Crippen molar-refractivity contribution in [3.05, 3.63) is 23.8 Å². The number of hydrogen-bond donors (Lipinski definition) is 1. The minimum Gasteiger partial charge on any atom is -0.481 e. The predicted molar refractivity (Wildman–Crippen MR) is 61.7 cm³/mol. The lowest BCUT2D eigenvalue weighted by Gasteiger charge is -2.08. The molecule has 0 saturated heterocycles. The molecule has 0 unspecified atom stereocenters. The summed E-state index contributed by atoms with van der Waals surface area (Å²) < 4.78 is 9.88. The Balaban J connectivity index is 3.01. The van der Waals surface area contributed by atoms with Crippen molar-refractivity contribution in [1.82, 2.24) is 0 Å². The zero-order valence-corrected chi connectivity index (χ0v) is 9.24. The van der Waals surface area contributed by atoms with Crippen LogP contribution in [0.25, 0.3) is 0 Å². The molecular weight excluding hydrogens is 206 g/mol. The molecule has 0 amide bonds. The molecule has 0 spiro atoms. The molecule has 4 nitrogen and oxygen atoms in total. The first-order valence-corrected chi connectivity index (χ1v) is 4.68. The molecule has 1 aromatic carbocycles. The summed E-state index contributed by atoms with van der Waals surface area (Å²) in [5, 5.41) is 2.92. The highest BCUT2D eigenvalue weighted by atomic mass is 16.5. The zero-order chi connectivity index (χ0) is 12.0. The second-order valence-electron chi connectivity index (χ2n) is 2.98. The lowest BCUT2D eigenvalue weighted by molar-refractivity contribution is 0.0600. The third-order valence-electron chi connectivity index (χ3n) is 1.94. The molecule has 0 radical (unpaired) electrons. The molecule has 1 rings (SSSR count). The number of carbonyl (C=O) groups excluding carboxylic acids is 1. The van der Waals surface area contributed by atoms with Gasteiger partial charge in [0, 0.05) is 18.8 Å². The molecule has 1 aromatic rings. The van der Waals surface area contributed by atoms with Crippen LogP contribution in [-0.4, -0.2) is 26.7 Å². The third-order valence-corrected chi connectivity index (χ3v) is 1.94.